The van der Waals surface area contributed by atoms with Crippen molar-refractivity contribution < 1.29 is 27.1 Å². The standard InChI is InChI=1S/C22H22F4N2O2/c23-20-7-5-18(6-8-20)19-9-11-28(12-10-19)21(29)27-13-16-1-3-17(4-2-16)14-30-15-22(24,25)26/h1-9H,10-15H2,(H,27,29). The maximum absolute atomic E-state index is 13.0. The molecule has 1 heterocycles. The van der Waals surface area contributed by atoms with Crippen LogP contribution >= 0.6 is 0 Å². The van der Waals surface area contributed by atoms with Crippen molar-refractivity contribution in [3.63, 3.8) is 0 Å². The molecule has 3 rings (SSSR count). The largest absolute Gasteiger partial charge is 0.411 e. The van der Waals surface area contributed by atoms with Gasteiger partial charge in [0.25, 0.3) is 0 Å². The molecule has 0 spiro atoms. The minimum Gasteiger partial charge on any atom is -0.367 e. The molecule has 2 amide bonds. The summed E-state index contributed by atoms with van der Waals surface area (Å²) in [7, 11) is 0. The molecule has 0 saturated carbocycles. The smallest absolute Gasteiger partial charge is 0.367 e. The Kier molecular flexibility index (Phi) is 7.10. The lowest BCUT2D eigenvalue weighted by Gasteiger charge is -2.27. The summed E-state index contributed by atoms with van der Waals surface area (Å²) in [5.74, 6) is -0.280. The van der Waals surface area contributed by atoms with Gasteiger partial charge in [0.1, 0.15) is 12.4 Å². The molecule has 0 aromatic heterocycles. The van der Waals surface area contributed by atoms with Gasteiger partial charge < -0.3 is 15.0 Å². The van der Waals surface area contributed by atoms with E-state index in [9.17, 15) is 22.4 Å². The molecule has 0 unspecified atom stereocenters. The van der Waals surface area contributed by atoms with Crippen molar-refractivity contribution in [1.82, 2.24) is 10.2 Å². The quantitative estimate of drug-likeness (QED) is 0.673. The highest BCUT2D eigenvalue weighted by molar-refractivity contribution is 5.76. The van der Waals surface area contributed by atoms with E-state index in [-0.39, 0.29) is 18.5 Å². The summed E-state index contributed by atoms with van der Waals surface area (Å²) in [5.41, 5.74) is 3.50. The first-order chi connectivity index (χ1) is 14.3. The third-order valence-electron chi connectivity index (χ3n) is 4.71. The Labute approximate surface area is 172 Å². The molecule has 0 aliphatic carbocycles. The summed E-state index contributed by atoms with van der Waals surface area (Å²) in [6.45, 7) is -0.0628. The number of carbonyl (C=O) groups excluding carboxylic acids is 1. The highest BCUT2D eigenvalue weighted by Crippen LogP contribution is 2.22. The van der Waals surface area contributed by atoms with Gasteiger partial charge in [-0.1, -0.05) is 42.5 Å². The highest BCUT2D eigenvalue weighted by atomic mass is 19.4. The van der Waals surface area contributed by atoms with Gasteiger partial charge in [0.05, 0.1) is 6.61 Å². The van der Waals surface area contributed by atoms with E-state index < -0.39 is 12.8 Å². The summed E-state index contributed by atoms with van der Waals surface area (Å²) in [4.78, 5) is 14.1. The van der Waals surface area contributed by atoms with Crippen molar-refractivity contribution in [2.45, 2.75) is 25.7 Å². The van der Waals surface area contributed by atoms with Crippen molar-refractivity contribution in [2.24, 2.45) is 0 Å². The van der Waals surface area contributed by atoms with Crippen molar-refractivity contribution in [3.05, 3.63) is 77.1 Å². The maximum Gasteiger partial charge on any atom is 0.411 e. The van der Waals surface area contributed by atoms with Crippen LogP contribution in [0.5, 0.6) is 0 Å². The fourth-order valence-corrected chi connectivity index (χ4v) is 3.11. The number of alkyl halides is 3. The second-order valence-electron chi connectivity index (χ2n) is 7.02. The van der Waals surface area contributed by atoms with Gasteiger partial charge in [-0.3, -0.25) is 0 Å². The minimum atomic E-state index is -4.34. The number of carbonyl (C=O) groups is 1. The van der Waals surface area contributed by atoms with Crippen LogP contribution in [0, 0.1) is 5.82 Å². The Balaban J connectivity index is 1.44. The van der Waals surface area contributed by atoms with E-state index in [0.29, 0.717) is 31.6 Å². The molecule has 0 bridgehead atoms. The summed E-state index contributed by atoms with van der Waals surface area (Å²) in [5, 5.41) is 2.84. The lowest BCUT2D eigenvalue weighted by molar-refractivity contribution is -0.176. The number of hydrogen-bond donors (Lipinski definition) is 1. The molecule has 2 aromatic rings. The number of benzene rings is 2. The van der Waals surface area contributed by atoms with Gasteiger partial charge in [0, 0.05) is 19.6 Å². The third-order valence-corrected chi connectivity index (χ3v) is 4.71. The first kappa shape index (κ1) is 21.8. The van der Waals surface area contributed by atoms with Gasteiger partial charge in [0.2, 0.25) is 0 Å². The molecule has 1 aliphatic heterocycles. The number of urea groups is 1. The lowest BCUT2D eigenvalue weighted by Crippen LogP contribution is -2.41. The number of nitrogens with zero attached hydrogens (tertiary/aromatic N) is 1. The van der Waals surface area contributed by atoms with Crippen LogP contribution in [0.4, 0.5) is 22.4 Å². The third kappa shape index (κ3) is 6.59. The summed E-state index contributed by atoms with van der Waals surface area (Å²) in [6, 6.07) is 13.0. The average molecular weight is 422 g/mol. The number of nitrogens with one attached hydrogen (secondary N) is 1. The van der Waals surface area contributed by atoms with E-state index in [1.165, 1.54) is 12.1 Å². The van der Waals surface area contributed by atoms with Crippen molar-refractivity contribution in [2.75, 3.05) is 19.7 Å². The second-order valence-corrected chi connectivity index (χ2v) is 7.02. The van der Waals surface area contributed by atoms with Gasteiger partial charge in [-0.2, -0.15) is 13.2 Å². The number of amides is 2. The zero-order valence-electron chi connectivity index (χ0n) is 16.2. The Bertz CT molecular complexity index is 878. The molecule has 0 atom stereocenters. The first-order valence-corrected chi connectivity index (χ1v) is 9.50. The highest BCUT2D eigenvalue weighted by Gasteiger charge is 2.27. The normalized spacial score (nSPS) is 14.4. The van der Waals surface area contributed by atoms with Gasteiger partial charge in [-0.25, -0.2) is 9.18 Å². The molecular weight excluding hydrogens is 400 g/mol. The topological polar surface area (TPSA) is 41.6 Å². The van der Waals surface area contributed by atoms with Crippen molar-refractivity contribution in [1.29, 1.82) is 0 Å². The van der Waals surface area contributed by atoms with Crippen LogP contribution in [0.2, 0.25) is 0 Å². The number of ether oxygens (including phenoxy) is 1. The van der Waals surface area contributed by atoms with Crippen LogP contribution in [-0.4, -0.2) is 36.8 Å². The van der Waals surface area contributed by atoms with E-state index in [1.807, 2.05) is 6.08 Å². The monoisotopic (exact) mass is 422 g/mol. The summed E-state index contributed by atoms with van der Waals surface area (Å²) in [6.07, 6.45) is -1.69. The van der Waals surface area contributed by atoms with Crippen molar-refractivity contribution in [3.8, 4) is 0 Å². The molecule has 8 heteroatoms. The zero-order valence-corrected chi connectivity index (χ0v) is 16.2. The van der Waals surface area contributed by atoms with Gasteiger partial charge in [-0.05, 0) is 40.8 Å². The molecule has 0 saturated heterocycles. The van der Waals surface area contributed by atoms with Crippen LogP contribution in [0.25, 0.3) is 5.57 Å². The molecule has 160 valence electrons. The second kappa shape index (κ2) is 9.75. The molecule has 2 aromatic carbocycles. The van der Waals surface area contributed by atoms with E-state index in [0.717, 1.165) is 16.7 Å². The summed E-state index contributed by atoms with van der Waals surface area (Å²) < 4.78 is 53.9. The van der Waals surface area contributed by atoms with Crippen LogP contribution < -0.4 is 5.32 Å². The van der Waals surface area contributed by atoms with Crippen LogP contribution in [0.1, 0.15) is 23.1 Å². The van der Waals surface area contributed by atoms with Gasteiger partial charge in [-0.15, -0.1) is 0 Å². The first-order valence-electron chi connectivity index (χ1n) is 9.50. The van der Waals surface area contributed by atoms with Crippen LogP contribution in [0.3, 0.4) is 0 Å². The fourth-order valence-electron chi connectivity index (χ4n) is 3.11. The fraction of sp³-hybridized carbons (Fsp3) is 0.318. The van der Waals surface area contributed by atoms with Crippen LogP contribution in [-0.2, 0) is 17.9 Å². The Morgan fingerprint density at radius 2 is 1.70 bits per heavy atom. The van der Waals surface area contributed by atoms with E-state index in [2.05, 4.69) is 10.1 Å². The maximum atomic E-state index is 13.0. The Morgan fingerprint density at radius 1 is 1.03 bits per heavy atom. The number of halogens is 4. The minimum absolute atomic E-state index is 0.122. The molecule has 0 radical (unpaired) electrons. The van der Waals surface area contributed by atoms with Crippen LogP contribution in [0.15, 0.2) is 54.6 Å². The molecular formula is C22H22F4N2O2. The number of rotatable bonds is 6. The zero-order chi connectivity index (χ0) is 21.6. The predicted molar refractivity (Wildman–Crippen MR) is 105 cm³/mol. The van der Waals surface area contributed by atoms with E-state index in [1.54, 1.807) is 41.3 Å². The molecule has 30 heavy (non-hydrogen) atoms. The summed E-state index contributed by atoms with van der Waals surface area (Å²) >= 11 is 0. The molecule has 1 aliphatic rings. The number of hydrogen-bond acceptors (Lipinski definition) is 2. The van der Waals surface area contributed by atoms with Crippen molar-refractivity contribution >= 4 is 11.6 Å². The van der Waals surface area contributed by atoms with E-state index in [4.69, 9.17) is 0 Å². The molecule has 1 N–H and O–H groups in total. The predicted octanol–water partition coefficient (Wildman–Crippen LogP) is 4.90. The molecule has 0 fully saturated rings. The van der Waals surface area contributed by atoms with E-state index >= 15 is 0 Å². The molecule has 4 nitrogen and oxygen atoms in total. The average Bonchev–Trinajstić information content (AvgIpc) is 2.73. The SMILES string of the molecule is O=C(NCc1ccc(COCC(F)(F)F)cc1)N1CC=C(c2ccc(F)cc2)CC1. The Morgan fingerprint density at radius 3 is 2.30 bits per heavy atom. The van der Waals surface area contributed by atoms with Gasteiger partial charge in [0.15, 0.2) is 0 Å². The van der Waals surface area contributed by atoms with Gasteiger partial charge >= 0.3 is 12.2 Å². The Hall–Kier alpha value is -2.87. The lowest BCUT2D eigenvalue weighted by atomic mass is 10.00.